The molecule has 128 valence electrons. The number of anilines is 1. The fraction of sp³-hybridized carbons (Fsp3) is 0.294. The Morgan fingerprint density at radius 2 is 1.96 bits per heavy atom. The van der Waals surface area contributed by atoms with Crippen molar-refractivity contribution in [3.05, 3.63) is 59.4 Å². The largest absolute Gasteiger partial charge is 0.350 e. The molecule has 24 heavy (non-hydrogen) atoms. The van der Waals surface area contributed by atoms with E-state index in [-0.39, 0.29) is 12.5 Å². The normalized spacial score (nSPS) is 11.1. The molecule has 0 aliphatic heterocycles. The Balaban J connectivity index is 2.15. The lowest BCUT2D eigenvalue weighted by molar-refractivity contribution is -0.119. The number of rotatable bonds is 6. The summed E-state index contributed by atoms with van der Waals surface area (Å²) in [4.78, 5) is 16.2. The predicted molar refractivity (Wildman–Crippen MR) is 94.2 cm³/mol. The topological polar surface area (TPSA) is 79.4 Å². The zero-order valence-corrected chi connectivity index (χ0v) is 14.8. The zero-order chi connectivity index (χ0) is 17.7. The van der Waals surface area contributed by atoms with Crippen molar-refractivity contribution in [2.75, 3.05) is 17.1 Å². The Kier molecular flexibility index (Phi) is 5.56. The Morgan fingerprint density at radius 3 is 2.58 bits per heavy atom. The van der Waals surface area contributed by atoms with Gasteiger partial charge in [-0.05, 0) is 42.7 Å². The van der Waals surface area contributed by atoms with Gasteiger partial charge in [-0.15, -0.1) is 0 Å². The van der Waals surface area contributed by atoms with Crippen LogP contribution in [0.5, 0.6) is 0 Å². The Morgan fingerprint density at radius 1 is 1.21 bits per heavy atom. The SMILES string of the molecule is Cc1cccc(N(CC(=O)NCc2cccnc2)S(C)(=O)=O)c1C. The van der Waals surface area contributed by atoms with E-state index in [4.69, 9.17) is 0 Å². The minimum atomic E-state index is -3.58. The monoisotopic (exact) mass is 347 g/mol. The number of benzene rings is 1. The van der Waals surface area contributed by atoms with E-state index in [1.165, 1.54) is 0 Å². The van der Waals surface area contributed by atoms with Gasteiger partial charge in [-0.3, -0.25) is 14.1 Å². The van der Waals surface area contributed by atoms with Gasteiger partial charge in [0, 0.05) is 18.9 Å². The molecule has 0 saturated heterocycles. The van der Waals surface area contributed by atoms with Crippen LogP contribution in [0.25, 0.3) is 0 Å². The maximum Gasteiger partial charge on any atom is 0.241 e. The fourth-order valence-electron chi connectivity index (χ4n) is 2.28. The van der Waals surface area contributed by atoms with Gasteiger partial charge >= 0.3 is 0 Å². The minimum absolute atomic E-state index is 0.261. The molecule has 2 aromatic rings. The molecule has 0 fully saturated rings. The summed E-state index contributed by atoms with van der Waals surface area (Å²) in [5.41, 5.74) is 3.18. The summed E-state index contributed by atoms with van der Waals surface area (Å²) < 4.78 is 25.4. The van der Waals surface area contributed by atoms with Crippen LogP contribution in [-0.2, 0) is 21.4 Å². The van der Waals surface area contributed by atoms with Crippen LogP contribution < -0.4 is 9.62 Å². The number of amides is 1. The van der Waals surface area contributed by atoms with Crippen LogP contribution in [0, 0.1) is 13.8 Å². The van der Waals surface area contributed by atoms with Gasteiger partial charge in [0.2, 0.25) is 15.9 Å². The summed E-state index contributed by atoms with van der Waals surface area (Å²) in [5.74, 6) is -0.370. The molecular weight excluding hydrogens is 326 g/mol. The predicted octanol–water partition coefficient (Wildman–Crippen LogP) is 1.78. The molecule has 7 heteroatoms. The number of carbonyl (C=O) groups is 1. The first-order valence-electron chi connectivity index (χ1n) is 7.48. The highest BCUT2D eigenvalue weighted by atomic mass is 32.2. The van der Waals surface area contributed by atoms with Crippen molar-refractivity contribution in [3.63, 3.8) is 0 Å². The van der Waals surface area contributed by atoms with Crippen LogP contribution in [-0.4, -0.2) is 32.1 Å². The van der Waals surface area contributed by atoms with Gasteiger partial charge in [0.25, 0.3) is 0 Å². The van der Waals surface area contributed by atoms with Crippen LogP contribution in [0.2, 0.25) is 0 Å². The molecule has 1 N–H and O–H groups in total. The van der Waals surface area contributed by atoms with Crippen molar-refractivity contribution >= 4 is 21.6 Å². The van der Waals surface area contributed by atoms with Gasteiger partial charge in [-0.1, -0.05) is 18.2 Å². The third-order valence-electron chi connectivity index (χ3n) is 3.74. The highest BCUT2D eigenvalue weighted by Crippen LogP contribution is 2.24. The first kappa shape index (κ1) is 17.9. The van der Waals surface area contributed by atoms with E-state index in [1.54, 1.807) is 30.6 Å². The fourth-order valence-corrected chi connectivity index (χ4v) is 3.18. The smallest absolute Gasteiger partial charge is 0.241 e. The van der Waals surface area contributed by atoms with E-state index in [0.717, 1.165) is 27.3 Å². The molecule has 0 aliphatic carbocycles. The minimum Gasteiger partial charge on any atom is -0.350 e. The van der Waals surface area contributed by atoms with Gasteiger partial charge in [0.15, 0.2) is 0 Å². The van der Waals surface area contributed by atoms with Crippen LogP contribution in [0.1, 0.15) is 16.7 Å². The second-order valence-electron chi connectivity index (χ2n) is 5.63. The van der Waals surface area contributed by atoms with E-state index in [9.17, 15) is 13.2 Å². The number of nitrogens with zero attached hydrogens (tertiary/aromatic N) is 2. The Labute approximate surface area is 142 Å². The van der Waals surface area contributed by atoms with Gasteiger partial charge in [0.1, 0.15) is 6.54 Å². The van der Waals surface area contributed by atoms with Gasteiger partial charge in [-0.25, -0.2) is 8.42 Å². The van der Waals surface area contributed by atoms with Crippen molar-refractivity contribution in [1.82, 2.24) is 10.3 Å². The maximum atomic E-state index is 12.2. The molecule has 0 radical (unpaired) electrons. The summed E-state index contributed by atoms with van der Waals surface area (Å²) in [5, 5.41) is 2.72. The van der Waals surface area contributed by atoms with E-state index >= 15 is 0 Å². The second-order valence-corrected chi connectivity index (χ2v) is 7.53. The summed E-state index contributed by atoms with van der Waals surface area (Å²) >= 11 is 0. The van der Waals surface area contributed by atoms with Crippen LogP contribution in [0.15, 0.2) is 42.7 Å². The van der Waals surface area contributed by atoms with Crippen molar-refractivity contribution in [2.45, 2.75) is 20.4 Å². The van der Waals surface area contributed by atoms with Crippen LogP contribution in [0.3, 0.4) is 0 Å². The molecule has 1 heterocycles. The molecule has 1 aromatic heterocycles. The Bertz CT molecular complexity index is 820. The number of pyridine rings is 1. The number of nitrogens with one attached hydrogen (secondary N) is 1. The van der Waals surface area contributed by atoms with E-state index in [1.807, 2.05) is 26.0 Å². The van der Waals surface area contributed by atoms with Crippen molar-refractivity contribution in [2.24, 2.45) is 0 Å². The molecule has 6 nitrogen and oxygen atoms in total. The highest BCUT2D eigenvalue weighted by molar-refractivity contribution is 7.92. The van der Waals surface area contributed by atoms with Gasteiger partial charge < -0.3 is 5.32 Å². The third kappa shape index (κ3) is 4.55. The van der Waals surface area contributed by atoms with Crippen molar-refractivity contribution < 1.29 is 13.2 Å². The first-order chi connectivity index (χ1) is 11.3. The molecule has 0 spiro atoms. The molecule has 2 rings (SSSR count). The lowest BCUT2D eigenvalue weighted by Gasteiger charge is -2.24. The number of aromatic nitrogens is 1. The first-order valence-corrected chi connectivity index (χ1v) is 9.33. The molecule has 0 bridgehead atoms. The summed E-state index contributed by atoms with van der Waals surface area (Å²) in [7, 11) is -3.58. The number of sulfonamides is 1. The van der Waals surface area contributed by atoms with Gasteiger partial charge in [0.05, 0.1) is 11.9 Å². The maximum absolute atomic E-state index is 12.2. The summed E-state index contributed by atoms with van der Waals surface area (Å²) in [6.07, 6.45) is 4.40. The molecule has 0 saturated carbocycles. The van der Waals surface area contributed by atoms with Crippen LogP contribution in [0.4, 0.5) is 5.69 Å². The molecule has 1 aromatic carbocycles. The van der Waals surface area contributed by atoms with E-state index in [0.29, 0.717) is 12.2 Å². The van der Waals surface area contributed by atoms with Crippen LogP contribution >= 0.6 is 0 Å². The average molecular weight is 347 g/mol. The number of carbonyl (C=O) groups excluding carboxylic acids is 1. The van der Waals surface area contributed by atoms with Gasteiger partial charge in [-0.2, -0.15) is 0 Å². The number of hydrogen-bond donors (Lipinski definition) is 1. The highest BCUT2D eigenvalue weighted by Gasteiger charge is 2.22. The number of aryl methyl sites for hydroxylation is 1. The molecule has 1 amide bonds. The zero-order valence-electron chi connectivity index (χ0n) is 14.0. The van der Waals surface area contributed by atoms with E-state index in [2.05, 4.69) is 10.3 Å². The average Bonchev–Trinajstić information content (AvgIpc) is 2.53. The lowest BCUT2D eigenvalue weighted by atomic mass is 10.1. The third-order valence-corrected chi connectivity index (χ3v) is 4.87. The molecule has 0 unspecified atom stereocenters. The van der Waals surface area contributed by atoms with Crippen molar-refractivity contribution in [1.29, 1.82) is 0 Å². The molecular formula is C17H21N3O3S. The number of hydrogen-bond acceptors (Lipinski definition) is 4. The molecule has 0 aliphatic rings. The van der Waals surface area contributed by atoms with E-state index < -0.39 is 10.0 Å². The molecule has 0 atom stereocenters. The lowest BCUT2D eigenvalue weighted by Crippen LogP contribution is -2.40. The standard InChI is InChI=1S/C17H21N3O3S/c1-13-6-4-8-16(14(13)2)20(24(3,22)23)12-17(21)19-11-15-7-5-9-18-10-15/h4-10H,11-12H2,1-3H3,(H,19,21). The summed E-state index contributed by atoms with van der Waals surface area (Å²) in [6, 6.07) is 9.01. The quantitative estimate of drug-likeness (QED) is 0.864. The summed E-state index contributed by atoms with van der Waals surface area (Å²) in [6.45, 7) is 3.79. The Hall–Kier alpha value is -2.41. The van der Waals surface area contributed by atoms with Crippen molar-refractivity contribution in [3.8, 4) is 0 Å². The second kappa shape index (κ2) is 7.44.